The van der Waals surface area contributed by atoms with E-state index in [-0.39, 0.29) is 6.42 Å². The van der Waals surface area contributed by atoms with E-state index in [1.807, 2.05) is 0 Å². The molecule has 1 aromatic carbocycles. The Labute approximate surface area is 126 Å². The van der Waals surface area contributed by atoms with Crippen LogP contribution in [-0.4, -0.2) is 34.2 Å². The predicted octanol–water partition coefficient (Wildman–Crippen LogP) is 1.88. The Morgan fingerprint density at radius 3 is 2.50 bits per heavy atom. The predicted molar refractivity (Wildman–Crippen MR) is 76.0 cm³/mol. The maximum Gasteiger partial charge on any atom is 0.328 e. The van der Waals surface area contributed by atoms with Crippen LogP contribution in [0.4, 0.5) is 0 Å². The largest absolute Gasteiger partial charge is 0.480 e. The average molecular weight is 320 g/mol. The number of carbonyl (C=O) groups is 2. The number of carboxylic acid groups (broad SMARTS) is 1. The van der Waals surface area contributed by atoms with Gasteiger partial charge in [0.2, 0.25) is 5.91 Å². The number of nitrogens with one attached hydrogen (secondary N) is 1. The van der Waals surface area contributed by atoms with Crippen LogP contribution in [0.2, 0.25) is 10.0 Å². The number of rotatable bonds is 6. The highest BCUT2D eigenvalue weighted by Crippen LogP contribution is 2.22. The highest BCUT2D eigenvalue weighted by atomic mass is 35.5. The van der Waals surface area contributed by atoms with E-state index in [9.17, 15) is 14.7 Å². The quantitative estimate of drug-likeness (QED) is 0.747. The molecule has 20 heavy (non-hydrogen) atoms. The molecule has 0 saturated heterocycles. The highest BCUT2D eigenvalue weighted by Gasteiger charge is 2.24. The van der Waals surface area contributed by atoms with Crippen molar-refractivity contribution in [2.45, 2.75) is 31.9 Å². The summed E-state index contributed by atoms with van der Waals surface area (Å²) in [6, 6.07) is 3.63. The van der Waals surface area contributed by atoms with Crippen LogP contribution in [0.15, 0.2) is 18.2 Å². The second-order valence-corrected chi connectivity index (χ2v) is 5.20. The first-order chi connectivity index (χ1) is 9.31. The molecule has 1 rings (SSSR count). The van der Waals surface area contributed by atoms with Crippen LogP contribution in [0.1, 0.15) is 18.9 Å². The molecule has 3 N–H and O–H groups in total. The molecule has 1 aromatic rings. The van der Waals surface area contributed by atoms with Gasteiger partial charge in [0.1, 0.15) is 0 Å². The zero-order chi connectivity index (χ0) is 15.3. The smallest absolute Gasteiger partial charge is 0.328 e. The zero-order valence-corrected chi connectivity index (χ0v) is 12.3. The molecule has 5 nitrogen and oxygen atoms in total. The monoisotopic (exact) mass is 319 g/mol. The number of aliphatic hydroxyl groups excluding tert-OH is 1. The zero-order valence-electron chi connectivity index (χ0n) is 10.8. The van der Waals surface area contributed by atoms with Crippen molar-refractivity contribution in [3.05, 3.63) is 33.8 Å². The van der Waals surface area contributed by atoms with Gasteiger partial charge in [-0.3, -0.25) is 4.79 Å². The first-order valence-electron chi connectivity index (χ1n) is 5.95. The van der Waals surface area contributed by atoms with Crippen molar-refractivity contribution < 1.29 is 19.8 Å². The van der Waals surface area contributed by atoms with Crippen LogP contribution >= 0.6 is 23.2 Å². The number of hydrogen-bond acceptors (Lipinski definition) is 3. The molecule has 110 valence electrons. The number of carboxylic acids is 1. The summed E-state index contributed by atoms with van der Waals surface area (Å²) in [6.45, 7) is 1.30. The van der Waals surface area contributed by atoms with E-state index in [4.69, 9.17) is 28.3 Å². The van der Waals surface area contributed by atoms with Gasteiger partial charge in [-0.15, -0.1) is 0 Å². The molecular weight excluding hydrogens is 305 g/mol. The lowest BCUT2D eigenvalue weighted by Crippen LogP contribution is -2.47. The summed E-state index contributed by atoms with van der Waals surface area (Å²) in [5, 5.41) is 21.3. The summed E-state index contributed by atoms with van der Waals surface area (Å²) >= 11 is 11.7. The fraction of sp³-hybridized carbons (Fsp3) is 0.385. The summed E-state index contributed by atoms with van der Waals surface area (Å²) in [5.41, 5.74) is 0.745. The van der Waals surface area contributed by atoms with Gasteiger partial charge >= 0.3 is 5.97 Å². The van der Waals surface area contributed by atoms with Gasteiger partial charge in [-0.05, 0) is 31.0 Å². The number of carbonyl (C=O) groups excluding carboxylic acids is 1. The standard InChI is InChI=1S/C13H15Cl2NO4/c1-7(17)12(13(19)20)16-11(18)5-3-8-2-4-9(14)6-10(8)15/h2,4,6-7,12,17H,3,5H2,1H3,(H,16,18)(H,19,20). The van der Waals surface area contributed by atoms with Crippen LogP contribution in [0.25, 0.3) is 0 Å². The van der Waals surface area contributed by atoms with Crippen molar-refractivity contribution in [2.75, 3.05) is 0 Å². The Bertz CT molecular complexity index is 505. The van der Waals surface area contributed by atoms with Crippen molar-refractivity contribution in [2.24, 2.45) is 0 Å². The Balaban J connectivity index is 2.57. The summed E-state index contributed by atoms with van der Waals surface area (Å²) in [7, 11) is 0. The van der Waals surface area contributed by atoms with Gasteiger partial charge in [-0.2, -0.15) is 0 Å². The molecule has 0 saturated carbocycles. The molecule has 1 amide bonds. The third-order valence-corrected chi connectivity index (χ3v) is 3.29. The van der Waals surface area contributed by atoms with E-state index in [0.29, 0.717) is 16.5 Å². The van der Waals surface area contributed by atoms with Crippen LogP contribution in [0.3, 0.4) is 0 Å². The first-order valence-corrected chi connectivity index (χ1v) is 6.71. The van der Waals surface area contributed by atoms with Crippen molar-refractivity contribution in [3.63, 3.8) is 0 Å². The van der Waals surface area contributed by atoms with Crippen molar-refractivity contribution in [1.82, 2.24) is 5.32 Å². The molecule has 0 spiro atoms. The van der Waals surface area contributed by atoms with Crippen molar-refractivity contribution >= 4 is 35.1 Å². The lowest BCUT2D eigenvalue weighted by Gasteiger charge is -2.17. The first kappa shape index (κ1) is 16.8. The lowest BCUT2D eigenvalue weighted by molar-refractivity contribution is -0.144. The van der Waals surface area contributed by atoms with Crippen LogP contribution in [-0.2, 0) is 16.0 Å². The molecule has 0 bridgehead atoms. The fourth-order valence-electron chi connectivity index (χ4n) is 1.61. The number of aryl methyl sites for hydroxylation is 1. The van der Waals surface area contributed by atoms with Crippen LogP contribution in [0, 0.1) is 0 Å². The molecule has 2 atom stereocenters. The number of aliphatic hydroxyl groups is 1. The Morgan fingerprint density at radius 1 is 1.35 bits per heavy atom. The van der Waals surface area contributed by atoms with Crippen molar-refractivity contribution in [1.29, 1.82) is 0 Å². The van der Waals surface area contributed by atoms with E-state index in [1.165, 1.54) is 6.92 Å². The number of benzene rings is 1. The van der Waals surface area contributed by atoms with Gasteiger partial charge in [-0.25, -0.2) is 4.79 Å². The minimum absolute atomic E-state index is 0.0673. The third-order valence-electron chi connectivity index (χ3n) is 2.70. The molecule has 0 fully saturated rings. The van der Waals surface area contributed by atoms with Crippen LogP contribution < -0.4 is 5.32 Å². The maximum atomic E-state index is 11.7. The van der Waals surface area contributed by atoms with Crippen LogP contribution in [0.5, 0.6) is 0 Å². The summed E-state index contributed by atoms with van der Waals surface area (Å²) in [4.78, 5) is 22.5. The second-order valence-electron chi connectivity index (χ2n) is 4.36. The van der Waals surface area contributed by atoms with E-state index < -0.39 is 24.0 Å². The lowest BCUT2D eigenvalue weighted by atomic mass is 10.1. The summed E-state index contributed by atoms with van der Waals surface area (Å²) < 4.78 is 0. The molecular formula is C13H15Cl2NO4. The SMILES string of the molecule is CC(O)C(NC(=O)CCc1ccc(Cl)cc1Cl)C(=O)O. The molecule has 2 unspecified atom stereocenters. The third kappa shape index (κ3) is 5.00. The molecule has 0 aliphatic rings. The Morgan fingerprint density at radius 2 is 2.00 bits per heavy atom. The van der Waals surface area contributed by atoms with E-state index in [0.717, 1.165) is 5.56 Å². The second kappa shape index (κ2) is 7.47. The molecule has 7 heteroatoms. The molecule has 0 radical (unpaired) electrons. The van der Waals surface area contributed by atoms with Gasteiger partial charge in [0.05, 0.1) is 6.10 Å². The van der Waals surface area contributed by atoms with Gasteiger partial charge in [0.15, 0.2) is 6.04 Å². The van der Waals surface area contributed by atoms with Gasteiger partial charge in [0.25, 0.3) is 0 Å². The highest BCUT2D eigenvalue weighted by molar-refractivity contribution is 6.35. The summed E-state index contributed by atoms with van der Waals surface area (Å²) in [6.07, 6.45) is -0.748. The van der Waals surface area contributed by atoms with Gasteiger partial charge in [0, 0.05) is 16.5 Å². The van der Waals surface area contributed by atoms with E-state index >= 15 is 0 Å². The number of halogens is 2. The average Bonchev–Trinajstić information content (AvgIpc) is 2.34. The Kier molecular flexibility index (Phi) is 6.26. The minimum atomic E-state index is -1.32. The molecule has 0 aliphatic carbocycles. The van der Waals surface area contributed by atoms with Gasteiger partial charge < -0.3 is 15.5 Å². The number of aliphatic carboxylic acids is 1. The Hall–Kier alpha value is -1.30. The topological polar surface area (TPSA) is 86.6 Å². The maximum absolute atomic E-state index is 11.7. The number of amides is 1. The number of hydrogen-bond donors (Lipinski definition) is 3. The van der Waals surface area contributed by atoms with E-state index in [2.05, 4.69) is 5.32 Å². The fourth-order valence-corrected chi connectivity index (χ4v) is 2.11. The normalized spacial score (nSPS) is 13.6. The van der Waals surface area contributed by atoms with Gasteiger partial charge in [-0.1, -0.05) is 29.3 Å². The molecule has 0 aromatic heterocycles. The van der Waals surface area contributed by atoms with Crippen molar-refractivity contribution in [3.8, 4) is 0 Å². The minimum Gasteiger partial charge on any atom is -0.480 e. The molecule has 0 heterocycles. The summed E-state index contributed by atoms with van der Waals surface area (Å²) in [5.74, 6) is -1.75. The molecule has 0 aliphatic heterocycles. The van der Waals surface area contributed by atoms with E-state index in [1.54, 1.807) is 18.2 Å².